The van der Waals surface area contributed by atoms with Gasteiger partial charge in [0.05, 0.1) is 22.2 Å². The van der Waals surface area contributed by atoms with Crippen molar-refractivity contribution in [2.45, 2.75) is 6.04 Å². The van der Waals surface area contributed by atoms with Crippen molar-refractivity contribution < 1.29 is 14.7 Å². The normalized spacial score (nSPS) is 11.7. The average Bonchev–Trinajstić information content (AvgIpc) is 3.27. The molecule has 2 aromatic heterocycles. The van der Waals surface area contributed by atoms with Crippen LogP contribution in [0.25, 0.3) is 10.6 Å². The SMILES string of the molecule is Cn1nccc1-c1cc(C(=O)NC(CNC(=O)O)c2ccccc2)cs1. The standard InChI is InChI=1S/C18H18N4O3S/c1-22-15(7-8-20-22)16-9-13(11-26-16)17(23)21-14(10-19-18(24)25)12-5-3-2-4-6-12/h2-9,11,14,19H,10H2,1H3,(H,21,23)(H,24,25). The van der Waals surface area contributed by atoms with E-state index in [0.717, 1.165) is 16.1 Å². The van der Waals surface area contributed by atoms with Crippen LogP contribution >= 0.6 is 11.3 Å². The Morgan fingerprint density at radius 1 is 1.27 bits per heavy atom. The zero-order valence-corrected chi connectivity index (χ0v) is 14.9. The number of hydrogen-bond donors (Lipinski definition) is 3. The largest absolute Gasteiger partial charge is 0.465 e. The van der Waals surface area contributed by atoms with Gasteiger partial charge in [0.2, 0.25) is 0 Å². The van der Waals surface area contributed by atoms with Gasteiger partial charge in [-0.25, -0.2) is 4.79 Å². The summed E-state index contributed by atoms with van der Waals surface area (Å²) < 4.78 is 1.75. The van der Waals surface area contributed by atoms with Crippen molar-refractivity contribution >= 4 is 23.3 Å². The fourth-order valence-electron chi connectivity index (χ4n) is 2.57. The predicted octanol–water partition coefficient (Wildman–Crippen LogP) is 2.89. The second kappa shape index (κ2) is 7.83. The monoisotopic (exact) mass is 370 g/mol. The molecule has 0 radical (unpaired) electrons. The van der Waals surface area contributed by atoms with Crippen molar-refractivity contribution in [3.63, 3.8) is 0 Å². The molecule has 0 spiro atoms. The predicted molar refractivity (Wildman–Crippen MR) is 99.2 cm³/mol. The van der Waals surface area contributed by atoms with Crippen LogP contribution in [-0.2, 0) is 7.05 Å². The number of carboxylic acid groups (broad SMARTS) is 1. The molecule has 1 aromatic carbocycles. The van der Waals surface area contributed by atoms with Crippen molar-refractivity contribution in [1.29, 1.82) is 0 Å². The topological polar surface area (TPSA) is 96.3 Å². The molecule has 0 aliphatic heterocycles. The summed E-state index contributed by atoms with van der Waals surface area (Å²) in [6.45, 7) is 0.0871. The molecule has 8 heteroatoms. The van der Waals surface area contributed by atoms with Gasteiger partial charge in [0.25, 0.3) is 5.91 Å². The lowest BCUT2D eigenvalue weighted by molar-refractivity contribution is 0.0935. The van der Waals surface area contributed by atoms with Crippen LogP contribution in [0.15, 0.2) is 54.0 Å². The van der Waals surface area contributed by atoms with Crippen LogP contribution in [0.1, 0.15) is 22.0 Å². The van der Waals surface area contributed by atoms with Crippen LogP contribution in [0.5, 0.6) is 0 Å². The van der Waals surface area contributed by atoms with E-state index in [9.17, 15) is 9.59 Å². The first-order chi connectivity index (χ1) is 12.5. The molecule has 134 valence electrons. The Kier molecular flexibility index (Phi) is 5.33. The Labute approximate surface area is 154 Å². The van der Waals surface area contributed by atoms with Gasteiger partial charge in [0.15, 0.2) is 0 Å². The van der Waals surface area contributed by atoms with Crippen LogP contribution < -0.4 is 10.6 Å². The van der Waals surface area contributed by atoms with Gasteiger partial charge < -0.3 is 15.7 Å². The summed E-state index contributed by atoms with van der Waals surface area (Å²) >= 11 is 1.46. The van der Waals surface area contributed by atoms with Gasteiger partial charge in [0.1, 0.15) is 0 Å². The van der Waals surface area contributed by atoms with Crippen LogP contribution in [0, 0.1) is 0 Å². The fraction of sp³-hybridized carbons (Fsp3) is 0.167. The summed E-state index contributed by atoms with van der Waals surface area (Å²) in [5.41, 5.74) is 2.29. The molecule has 26 heavy (non-hydrogen) atoms. The first-order valence-electron chi connectivity index (χ1n) is 7.94. The average molecular weight is 370 g/mol. The first kappa shape index (κ1) is 17.7. The highest BCUT2D eigenvalue weighted by Crippen LogP contribution is 2.27. The maximum atomic E-state index is 12.6. The summed E-state index contributed by atoms with van der Waals surface area (Å²) in [5.74, 6) is -0.254. The Bertz CT molecular complexity index is 904. The number of amides is 2. The molecule has 0 saturated carbocycles. The number of rotatable bonds is 6. The van der Waals surface area contributed by atoms with E-state index in [4.69, 9.17) is 5.11 Å². The minimum Gasteiger partial charge on any atom is -0.465 e. The number of aromatic nitrogens is 2. The van der Waals surface area contributed by atoms with Crippen LogP contribution in [0.3, 0.4) is 0 Å². The maximum Gasteiger partial charge on any atom is 0.404 e. The fourth-order valence-corrected chi connectivity index (χ4v) is 3.52. The Morgan fingerprint density at radius 2 is 2.04 bits per heavy atom. The minimum absolute atomic E-state index is 0.0871. The molecule has 0 fully saturated rings. The minimum atomic E-state index is -1.13. The number of carbonyl (C=O) groups excluding carboxylic acids is 1. The van der Waals surface area contributed by atoms with E-state index >= 15 is 0 Å². The van der Waals surface area contributed by atoms with Gasteiger partial charge in [-0.2, -0.15) is 5.10 Å². The number of aryl methyl sites for hydroxylation is 1. The second-order valence-corrected chi connectivity index (χ2v) is 6.57. The highest BCUT2D eigenvalue weighted by Gasteiger charge is 2.18. The van der Waals surface area contributed by atoms with Gasteiger partial charge in [-0.1, -0.05) is 30.3 Å². The zero-order valence-electron chi connectivity index (χ0n) is 14.0. The molecule has 0 bridgehead atoms. The Hall–Kier alpha value is -3.13. The lowest BCUT2D eigenvalue weighted by atomic mass is 10.1. The molecule has 2 heterocycles. The van der Waals surface area contributed by atoms with Crippen LogP contribution in [0.2, 0.25) is 0 Å². The summed E-state index contributed by atoms with van der Waals surface area (Å²) in [5, 5.41) is 20.0. The summed E-state index contributed by atoms with van der Waals surface area (Å²) in [6, 6.07) is 12.5. The number of carbonyl (C=O) groups is 2. The van der Waals surface area contributed by atoms with E-state index in [1.807, 2.05) is 49.5 Å². The van der Waals surface area contributed by atoms with Gasteiger partial charge in [0, 0.05) is 25.2 Å². The van der Waals surface area contributed by atoms with Crippen molar-refractivity contribution in [3.8, 4) is 10.6 Å². The Balaban J connectivity index is 1.76. The highest BCUT2D eigenvalue weighted by molar-refractivity contribution is 7.13. The van der Waals surface area contributed by atoms with E-state index in [2.05, 4.69) is 15.7 Å². The third kappa shape index (κ3) is 4.09. The molecule has 3 N–H and O–H groups in total. The summed E-state index contributed by atoms with van der Waals surface area (Å²) in [7, 11) is 1.85. The second-order valence-electron chi connectivity index (χ2n) is 5.66. The van der Waals surface area contributed by atoms with Crippen molar-refractivity contribution in [3.05, 3.63) is 65.2 Å². The van der Waals surface area contributed by atoms with E-state index in [-0.39, 0.29) is 12.5 Å². The molecule has 0 aliphatic carbocycles. The van der Waals surface area contributed by atoms with Crippen LogP contribution in [0.4, 0.5) is 4.79 Å². The van der Waals surface area contributed by atoms with E-state index in [0.29, 0.717) is 5.56 Å². The third-order valence-corrected chi connectivity index (χ3v) is 4.85. The summed E-state index contributed by atoms with van der Waals surface area (Å²) in [6.07, 6.45) is 0.576. The zero-order chi connectivity index (χ0) is 18.5. The summed E-state index contributed by atoms with van der Waals surface area (Å²) in [4.78, 5) is 24.4. The van der Waals surface area contributed by atoms with Gasteiger partial charge in [-0.05, 0) is 17.7 Å². The Morgan fingerprint density at radius 3 is 2.69 bits per heavy atom. The lowest BCUT2D eigenvalue weighted by Crippen LogP contribution is -2.37. The quantitative estimate of drug-likeness (QED) is 0.622. The number of benzene rings is 1. The van der Waals surface area contributed by atoms with E-state index in [1.165, 1.54) is 11.3 Å². The van der Waals surface area contributed by atoms with Crippen molar-refractivity contribution in [2.24, 2.45) is 7.05 Å². The molecule has 0 saturated heterocycles. The molecule has 3 aromatic rings. The van der Waals surface area contributed by atoms with E-state index in [1.54, 1.807) is 16.3 Å². The molecular formula is C18H18N4O3S. The maximum absolute atomic E-state index is 12.6. The molecule has 0 aliphatic rings. The highest BCUT2D eigenvalue weighted by atomic mass is 32.1. The van der Waals surface area contributed by atoms with Gasteiger partial charge in [-0.3, -0.25) is 9.48 Å². The third-order valence-electron chi connectivity index (χ3n) is 3.90. The molecule has 1 unspecified atom stereocenters. The molecule has 3 rings (SSSR count). The number of hydrogen-bond acceptors (Lipinski definition) is 4. The van der Waals surface area contributed by atoms with Gasteiger partial charge >= 0.3 is 6.09 Å². The number of nitrogens with one attached hydrogen (secondary N) is 2. The number of thiophene rings is 1. The smallest absolute Gasteiger partial charge is 0.404 e. The molecule has 1 atom stereocenters. The van der Waals surface area contributed by atoms with Crippen molar-refractivity contribution in [2.75, 3.05) is 6.54 Å². The lowest BCUT2D eigenvalue weighted by Gasteiger charge is -2.18. The molecule has 7 nitrogen and oxygen atoms in total. The van der Waals surface area contributed by atoms with Crippen LogP contribution in [-0.4, -0.2) is 33.4 Å². The van der Waals surface area contributed by atoms with Crippen molar-refractivity contribution in [1.82, 2.24) is 20.4 Å². The molecule has 2 amide bonds. The van der Waals surface area contributed by atoms with E-state index < -0.39 is 12.1 Å². The van der Waals surface area contributed by atoms with Gasteiger partial charge in [-0.15, -0.1) is 11.3 Å². The first-order valence-corrected chi connectivity index (χ1v) is 8.82. The molecular weight excluding hydrogens is 352 g/mol. The number of nitrogens with zero attached hydrogens (tertiary/aromatic N) is 2.